The van der Waals surface area contributed by atoms with Gasteiger partial charge in [0.2, 0.25) is 0 Å². The van der Waals surface area contributed by atoms with Crippen LogP contribution in [0, 0.1) is 13.8 Å². The van der Waals surface area contributed by atoms with Crippen molar-refractivity contribution in [1.82, 2.24) is 0 Å². The Kier molecular flexibility index (Phi) is 2.55. The number of hydrogen-bond donors (Lipinski definition) is 1. The second-order valence-corrected chi connectivity index (χ2v) is 6.02. The lowest BCUT2D eigenvalue weighted by Gasteiger charge is -2.21. The van der Waals surface area contributed by atoms with E-state index in [-0.39, 0.29) is 0 Å². The Bertz CT molecular complexity index is 920. The third kappa shape index (κ3) is 1.83. The second-order valence-electron chi connectivity index (χ2n) is 6.02. The number of aliphatic imine (C=N–C) groups is 1. The molecule has 3 aromatic carbocycles. The van der Waals surface area contributed by atoms with Gasteiger partial charge < -0.3 is 5.32 Å². The molecule has 0 aliphatic carbocycles. The summed E-state index contributed by atoms with van der Waals surface area (Å²) < 4.78 is 0. The van der Waals surface area contributed by atoms with E-state index in [1.165, 1.54) is 38.4 Å². The molecule has 0 fully saturated rings. The number of hydrogen-bond acceptors (Lipinski definition) is 2. The van der Waals surface area contributed by atoms with E-state index < -0.39 is 0 Å². The molecular weight excluding hydrogens is 256 g/mol. The van der Waals surface area contributed by atoms with Crippen molar-refractivity contribution in [1.29, 1.82) is 0 Å². The van der Waals surface area contributed by atoms with Crippen molar-refractivity contribution < 1.29 is 0 Å². The van der Waals surface area contributed by atoms with Gasteiger partial charge in [-0.3, -0.25) is 4.99 Å². The maximum absolute atomic E-state index is 4.85. The molecule has 0 aromatic heterocycles. The fraction of sp³-hybridized carbons (Fsp3) is 0.211. The van der Waals surface area contributed by atoms with E-state index >= 15 is 0 Å². The van der Waals surface area contributed by atoms with Crippen LogP contribution in [-0.4, -0.2) is 12.3 Å². The van der Waals surface area contributed by atoms with Crippen LogP contribution in [0.4, 0.5) is 11.4 Å². The third-order valence-corrected chi connectivity index (χ3v) is 4.23. The summed E-state index contributed by atoms with van der Waals surface area (Å²) in [7, 11) is 0. The van der Waals surface area contributed by atoms with Crippen LogP contribution in [0.3, 0.4) is 0 Å². The quantitative estimate of drug-likeness (QED) is 0.565. The Hall–Kier alpha value is -2.35. The van der Waals surface area contributed by atoms with E-state index in [1.54, 1.807) is 0 Å². The van der Waals surface area contributed by atoms with Crippen molar-refractivity contribution in [2.75, 3.05) is 11.9 Å². The molecule has 0 saturated carbocycles. The molecule has 1 aliphatic heterocycles. The highest BCUT2D eigenvalue weighted by molar-refractivity contribution is 6.21. The molecule has 2 heteroatoms. The van der Waals surface area contributed by atoms with Crippen LogP contribution >= 0.6 is 0 Å². The normalized spacial score (nSPS) is 14.0. The van der Waals surface area contributed by atoms with Crippen LogP contribution < -0.4 is 5.32 Å². The first-order valence-electron chi connectivity index (χ1n) is 7.38. The highest BCUT2D eigenvalue weighted by atomic mass is 15.0. The number of rotatable bonds is 0. The van der Waals surface area contributed by atoms with Crippen LogP contribution in [0.2, 0.25) is 0 Å². The lowest BCUT2D eigenvalue weighted by Crippen LogP contribution is -2.14. The molecule has 104 valence electrons. The van der Waals surface area contributed by atoms with E-state index in [4.69, 9.17) is 4.99 Å². The summed E-state index contributed by atoms with van der Waals surface area (Å²) in [6.07, 6.45) is 0. The molecule has 0 radical (unpaired) electrons. The minimum atomic E-state index is 0.827. The second kappa shape index (κ2) is 4.32. The first-order valence-corrected chi connectivity index (χ1v) is 7.38. The lowest BCUT2D eigenvalue weighted by molar-refractivity contribution is 1.30. The molecule has 0 spiro atoms. The van der Waals surface area contributed by atoms with Gasteiger partial charge in [0.05, 0.1) is 17.9 Å². The number of aryl methyl sites for hydroxylation is 2. The largest absolute Gasteiger partial charge is 0.377 e. The molecule has 0 atom stereocenters. The van der Waals surface area contributed by atoms with Crippen molar-refractivity contribution in [3.63, 3.8) is 0 Å². The maximum Gasteiger partial charge on any atom is 0.0946 e. The lowest BCUT2D eigenvalue weighted by atomic mass is 9.95. The van der Waals surface area contributed by atoms with Crippen molar-refractivity contribution in [2.24, 2.45) is 4.99 Å². The summed E-state index contributed by atoms with van der Waals surface area (Å²) in [6.45, 7) is 7.19. The highest BCUT2D eigenvalue weighted by Gasteiger charge is 2.17. The molecule has 1 heterocycles. The van der Waals surface area contributed by atoms with Gasteiger partial charge in [0.1, 0.15) is 0 Å². The number of nitrogens with one attached hydrogen (secondary N) is 1. The van der Waals surface area contributed by atoms with Gasteiger partial charge in [0, 0.05) is 16.5 Å². The standard InChI is InChI=1S/C19H18N2/c1-11-4-6-14-15-7-5-12(2)9-17(15)19-18(16(14)8-11)20-10-13(3)21-19/h4-9,20H,10H2,1-3H3. The number of benzene rings is 3. The average Bonchev–Trinajstić information content (AvgIpc) is 2.47. The monoisotopic (exact) mass is 274 g/mol. The van der Waals surface area contributed by atoms with Gasteiger partial charge in [0.15, 0.2) is 0 Å². The molecule has 4 rings (SSSR count). The zero-order chi connectivity index (χ0) is 14.6. The Morgan fingerprint density at radius 1 is 0.810 bits per heavy atom. The Labute approximate surface area is 124 Å². The van der Waals surface area contributed by atoms with Crippen molar-refractivity contribution in [3.8, 4) is 0 Å². The Morgan fingerprint density at radius 3 is 2.14 bits per heavy atom. The molecule has 3 aromatic rings. The molecule has 2 nitrogen and oxygen atoms in total. The van der Waals surface area contributed by atoms with Gasteiger partial charge in [-0.25, -0.2) is 0 Å². The molecule has 21 heavy (non-hydrogen) atoms. The van der Waals surface area contributed by atoms with Crippen molar-refractivity contribution in [3.05, 3.63) is 47.5 Å². The minimum Gasteiger partial charge on any atom is -0.377 e. The van der Waals surface area contributed by atoms with Gasteiger partial charge in [-0.15, -0.1) is 0 Å². The molecule has 0 unspecified atom stereocenters. The third-order valence-electron chi connectivity index (χ3n) is 4.23. The molecule has 1 N–H and O–H groups in total. The van der Waals surface area contributed by atoms with E-state index in [0.29, 0.717) is 0 Å². The van der Waals surface area contributed by atoms with E-state index in [2.05, 4.69) is 62.5 Å². The summed E-state index contributed by atoms with van der Waals surface area (Å²) >= 11 is 0. The van der Waals surface area contributed by atoms with Crippen LogP contribution in [0.15, 0.2) is 41.4 Å². The molecular formula is C19H18N2. The number of fused-ring (bicyclic) bond motifs is 6. The van der Waals surface area contributed by atoms with E-state index in [0.717, 1.165) is 17.9 Å². The molecule has 0 bridgehead atoms. The fourth-order valence-electron chi connectivity index (χ4n) is 3.19. The number of nitrogens with zero attached hydrogens (tertiary/aromatic N) is 1. The smallest absolute Gasteiger partial charge is 0.0946 e. The van der Waals surface area contributed by atoms with Crippen LogP contribution in [-0.2, 0) is 0 Å². The molecule has 1 aliphatic rings. The zero-order valence-corrected chi connectivity index (χ0v) is 12.6. The Balaban J connectivity index is 2.28. The average molecular weight is 274 g/mol. The van der Waals surface area contributed by atoms with Gasteiger partial charge in [-0.1, -0.05) is 35.4 Å². The predicted molar refractivity (Wildman–Crippen MR) is 92.2 cm³/mol. The summed E-state index contributed by atoms with van der Waals surface area (Å²) in [6, 6.07) is 13.3. The van der Waals surface area contributed by atoms with Gasteiger partial charge in [-0.2, -0.15) is 0 Å². The summed E-state index contributed by atoms with van der Waals surface area (Å²) in [4.78, 5) is 4.85. The minimum absolute atomic E-state index is 0.827. The van der Waals surface area contributed by atoms with Gasteiger partial charge in [0.25, 0.3) is 0 Å². The highest BCUT2D eigenvalue weighted by Crippen LogP contribution is 2.43. The molecule has 0 saturated heterocycles. The van der Waals surface area contributed by atoms with Gasteiger partial charge in [-0.05, 0) is 43.7 Å². The summed E-state index contributed by atoms with van der Waals surface area (Å²) in [5.41, 5.74) is 5.96. The SMILES string of the molecule is CC1=Nc2c(c3cc(C)ccc3c3ccc(C)cc23)NC1. The van der Waals surface area contributed by atoms with Crippen molar-refractivity contribution >= 4 is 38.6 Å². The van der Waals surface area contributed by atoms with Crippen LogP contribution in [0.1, 0.15) is 18.1 Å². The number of anilines is 1. The first-order chi connectivity index (χ1) is 10.1. The zero-order valence-electron chi connectivity index (χ0n) is 12.6. The summed E-state index contributed by atoms with van der Waals surface area (Å²) in [5, 5.41) is 8.67. The van der Waals surface area contributed by atoms with Gasteiger partial charge >= 0.3 is 0 Å². The van der Waals surface area contributed by atoms with E-state index in [1.807, 2.05) is 0 Å². The predicted octanol–water partition coefficient (Wildman–Crippen LogP) is 5.13. The maximum atomic E-state index is 4.85. The van der Waals surface area contributed by atoms with Crippen LogP contribution in [0.5, 0.6) is 0 Å². The summed E-state index contributed by atoms with van der Waals surface area (Å²) in [5.74, 6) is 0. The van der Waals surface area contributed by atoms with Crippen LogP contribution in [0.25, 0.3) is 21.5 Å². The van der Waals surface area contributed by atoms with Crippen molar-refractivity contribution in [2.45, 2.75) is 20.8 Å². The fourth-order valence-corrected chi connectivity index (χ4v) is 3.19. The topological polar surface area (TPSA) is 24.4 Å². The first kappa shape index (κ1) is 12.4. The van der Waals surface area contributed by atoms with E-state index in [9.17, 15) is 0 Å². The Morgan fingerprint density at radius 2 is 1.43 bits per heavy atom. The molecule has 0 amide bonds.